The van der Waals surface area contributed by atoms with E-state index in [2.05, 4.69) is 24.1 Å². The molecule has 0 radical (unpaired) electrons. The number of hydrogen-bond acceptors (Lipinski definition) is 6. The number of ether oxygens (including phenoxy) is 2. The number of nitrogens with two attached hydrogens (primary N) is 1. The zero-order valence-electron chi connectivity index (χ0n) is 23.7. The Hall–Kier alpha value is -2.75. The van der Waals surface area contributed by atoms with E-state index >= 15 is 4.39 Å². The predicted molar refractivity (Wildman–Crippen MR) is 150 cm³/mol. The summed E-state index contributed by atoms with van der Waals surface area (Å²) in [5.41, 5.74) is 9.74. The van der Waals surface area contributed by atoms with E-state index in [9.17, 15) is 9.59 Å². The Bertz CT molecular complexity index is 1310. The van der Waals surface area contributed by atoms with Crippen LogP contribution in [0, 0.1) is 11.2 Å². The highest BCUT2D eigenvalue weighted by atomic mass is 19.1. The second-order valence-electron chi connectivity index (χ2n) is 12.8. The number of nitrogens with one attached hydrogen (secondary N) is 1. The van der Waals surface area contributed by atoms with Crippen LogP contribution in [-0.4, -0.2) is 59.5 Å². The Morgan fingerprint density at radius 3 is 2.60 bits per heavy atom. The number of carbonyl (C=O) groups is 2. The molecule has 1 amide bonds. The zero-order chi connectivity index (χ0) is 28.0. The van der Waals surface area contributed by atoms with Crippen molar-refractivity contribution in [3.05, 3.63) is 46.0 Å². The lowest BCUT2D eigenvalue weighted by Gasteiger charge is -2.31. The van der Waals surface area contributed by atoms with Crippen LogP contribution in [-0.2, 0) is 29.1 Å². The average molecular weight is 553 g/mol. The van der Waals surface area contributed by atoms with Crippen LogP contribution in [0.25, 0.3) is 5.69 Å². The number of aromatic nitrogens is 1. The molecule has 2 fully saturated rings. The lowest BCUT2D eigenvalue weighted by Crippen LogP contribution is -2.32. The molecule has 40 heavy (non-hydrogen) atoms. The van der Waals surface area contributed by atoms with E-state index < -0.39 is 11.7 Å². The summed E-state index contributed by atoms with van der Waals surface area (Å²) in [5, 5.41) is 3.45. The fourth-order valence-corrected chi connectivity index (χ4v) is 7.17. The predicted octanol–water partition coefficient (Wildman–Crippen LogP) is 4.74. The number of likely N-dealkylation sites (tertiary alicyclic amines) is 1. The summed E-state index contributed by atoms with van der Waals surface area (Å²) in [6.07, 6.45) is 7.53. The highest BCUT2D eigenvalue weighted by Gasteiger charge is 2.39. The monoisotopic (exact) mass is 552 g/mol. The van der Waals surface area contributed by atoms with Crippen molar-refractivity contribution in [3.63, 3.8) is 0 Å². The summed E-state index contributed by atoms with van der Waals surface area (Å²) < 4.78 is 29.5. The average Bonchev–Trinajstić information content (AvgIpc) is 3.62. The Morgan fingerprint density at radius 2 is 1.88 bits per heavy atom. The largest absolute Gasteiger partial charge is 0.382 e. The van der Waals surface area contributed by atoms with Gasteiger partial charge in [0.2, 0.25) is 0 Å². The van der Waals surface area contributed by atoms with Gasteiger partial charge in [-0.2, -0.15) is 0 Å². The molecule has 216 valence electrons. The van der Waals surface area contributed by atoms with Gasteiger partial charge in [0, 0.05) is 35.8 Å². The summed E-state index contributed by atoms with van der Waals surface area (Å²) in [5.74, 6) is -1.36. The minimum atomic E-state index is -0.801. The van der Waals surface area contributed by atoms with Gasteiger partial charge in [0.15, 0.2) is 5.78 Å². The van der Waals surface area contributed by atoms with Gasteiger partial charge in [-0.15, -0.1) is 0 Å². The first-order valence-corrected chi connectivity index (χ1v) is 14.8. The van der Waals surface area contributed by atoms with Crippen molar-refractivity contribution in [2.24, 2.45) is 11.1 Å². The molecule has 2 aliphatic heterocycles. The van der Waals surface area contributed by atoms with Crippen molar-refractivity contribution >= 4 is 17.4 Å². The second-order valence-corrected chi connectivity index (χ2v) is 12.8. The van der Waals surface area contributed by atoms with Gasteiger partial charge >= 0.3 is 0 Å². The van der Waals surface area contributed by atoms with Gasteiger partial charge in [-0.25, -0.2) is 4.39 Å². The minimum Gasteiger partial charge on any atom is -0.382 e. The number of Topliss-reactive ketones (excluding diaryl/α,β-unsaturated/α-hetero) is 1. The third kappa shape index (κ3) is 5.31. The Labute approximate surface area is 235 Å². The first-order chi connectivity index (χ1) is 19.2. The standard InChI is InChI=1S/C31H41FN4O4/c1-31(2)15-25-28(27(37)16-31)22-17-39-18-26(22)36(25)20-13-23(32)29(30(33)38)24(14-20)34-19-5-7-21(8-6-19)40-12-11-35-9-3-4-10-35/h13-14,19,21,34H,3-12,15-18H2,1-2H3,(H2,33,38)/t19-,21-. The highest BCUT2D eigenvalue weighted by molar-refractivity contribution is 6.01. The Morgan fingerprint density at radius 1 is 1.12 bits per heavy atom. The minimum absolute atomic E-state index is 0.0827. The van der Waals surface area contributed by atoms with E-state index in [1.54, 1.807) is 0 Å². The van der Waals surface area contributed by atoms with E-state index in [0.29, 0.717) is 37.4 Å². The molecule has 4 aliphatic rings. The number of anilines is 1. The number of amides is 1. The fraction of sp³-hybridized carbons (Fsp3) is 0.613. The Kier molecular flexibility index (Phi) is 7.48. The van der Waals surface area contributed by atoms with Crippen molar-refractivity contribution in [3.8, 4) is 5.69 Å². The van der Waals surface area contributed by atoms with Crippen molar-refractivity contribution in [2.45, 2.75) is 90.6 Å². The van der Waals surface area contributed by atoms with E-state index in [-0.39, 0.29) is 28.9 Å². The molecular formula is C31H41FN4O4. The topological polar surface area (TPSA) is 98.8 Å². The van der Waals surface area contributed by atoms with Crippen LogP contribution in [0.5, 0.6) is 0 Å². The van der Waals surface area contributed by atoms with Crippen LogP contribution in [0.3, 0.4) is 0 Å². The summed E-state index contributed by atoms with van der Waals surface area (Å²) in [6.45, 7) is 9.02. The second kappa shape index (κ2) is 10.9. The molecule has 3 N–H and O–H groups in total. The number of nitrogens with zero attached hydrogens (tertiary/aromatic N) is 2. The van der Waals surface area contributed by atoms with Crippen LogP contribution in [0.2, 0.25) is 0 Å². The third-order valence-corrected chi connectivity index (χ3v) is 9.10. The molecule has 1 aromatic heterocycles. The van der Waals surface area contributed by atoms with Crippen LogP contribution in [0.4, 0.5) is 10.1 Å². The molecule has 0 bridgehead atoms. The van der Waals surface area contributed by atoms with Gasteiger partial charge in [-0.3, -0.25) is 9.59 Å². The van der Waals surface area contributed by atoms with Crippen molar-refractivity contribution < 1.29 is 23.5 Å². The molecular weight excluding hydrogens is 511 g/mol. The van der Waals surface area contributed by atoms with Gasteiger partial charge in [0.05, 0.1) is 48.6 Å². The Balaban J connectivity index is 1.23. The molecule has 0 spiro atoms. The van der Waals surface area contributed by atoms with E-state index in [1.807, 2.05) is 10.6 Å². The molecule has 6 rings (SSSR count). The van der Waals surface area contributed by atoms with Gasteiger partial charge in [-0.05, 0) is 75.6 Å². The summed E-state index contributed by atoms with van der Waals surface area (Å²) in [7, 11) is 0. The SMILES string of the molecule is CC1(C)CC(=O)c2c3c(n(-c4cc(F)c(C(N)=O)c(N[C@H]5CC[C@H](OCCN6CCCC6)CC5)c4)c2C1)COC3. The maximum atomic E-state index is 15.6. The van der Waals surface area contributed by atoms with Crippen LogP contribution in [0.15, 0.2) is 12.1 Å². The van der Waals surface area contributed by atoms with E-state index in [1.165, 1.54) is 32.0 Å². The van der Waals surface area contributed by atoms with Crippen molar-refractivity contribution in [1.29, 1.82) is 0 Å². The summed E-state index contributed by atoms with van der Waals surface area (Å²) >= 11 is 0. The number of carbonyl (C=O) groups excluding carboxylic acids is 2. The number of fused-ring (bicyclic) bond motifs is 3. The zero-order valence-corrected chi connectivity index (χ0v) is 23.7. The molecule has 1 saturated heterocycles. The van der Waals surface area contributed by atoms with Gasteiger partial charge in [0.1, 0.15) is 5.82 Å². The molecule has 1 aromatic carbocycles. The first-order valence-electron chi connectivity index (χ1n) is 14.8. The van der Waals surface area contributed by atoms with E-state index in [0.717, 1.165) is 61.3 Å². The van der Waals surface area contributed by atoms with Crippen molar-refractivity contribution in [1.82, 2.24) is 9.47 Å². The molecule has 2 aromatic rings. The number of benzene rings is 1. The van der Waals surface area contributed by atoms with E-state index in [4.69, 9.17) is 15.2 Å². The smallest absolute Gasteiger partial charge is 0.253 e. The van der Waals surface area contributed by atoms with Gasteiger partial charge in [-0.1, -0.05) is 13.8 Å². The number of ketones is 1. The number of halogens is 1. The maximum Gasteiger partial charge on any atom is 0.253 e. The van der Waals surface area contributed by atoms with Crippen LogP contribution in [0.1, 0.15) is 96.5 Å². The quantitative estimate of drug-likeness (QED) is 0.491. The number of primary amides is 1. The molecule has 0 atom stereocenters. The molecule has 1 saturated carbocycles. The fourth-order valence-electron chi connectivity index (χ4n) is 7.17. The normalized spacial score (nSPS) is 24.2. The van der Waals surface area contributed by atoms with Gasteiger partial charge in [0.25, 0.3) is 5.91 Å². The molecule has 0 unspecified atom stereocenters. The number of rotatable bonds is 8. The maximum absolute atomic E-state index is 15.6. The molecule has 3 heterocycles. The lowest BCUT2D eigenvalue weighted by atomic mass is 9.75. The van der Waals surface area contributed by atoms with Crippen LogP contribution >= 0.6 is 0 Å². The van der Waals surface area contributed by atoms with Crippen molar-refractivity contribution in [2.75, 3.05) is 31.6 Å². The third-order valence-electron chi connectivity index (χ3n) is 9.10. The highest BCUT2D eigenvalue weighted by Crippen LogP contribution is 2.43. The number of hydrogen-bond donors (Lipinski definition) is 2. The van der Waals surface area contributed by atoms with Gasteiger partial charge < -0.3 is 30.0 Å². The van der Waals surface area contributed by atoms with Crippen LogP contribution < -0.4 is 11.1 Å². The lowest BCUT2D eigenvalue weighted by molar-refractivity contribution is 0.0170. The molecule has 9 heteroatoms. The molecule has 2 aliphatic carbocycles. The summed E-state index contributed by atoms with van der Waals surface area (Å²) in [4.78, 5) is 28.0. The molecule has 8 nitrogen and oxygen atoms in total. The first kappa shape index (κ1) is 27.4. The summed E-state index contributed by atoms with van der Waals surface area (Å²) in [6, 6.07) is 3.26.